The average Bonchev–Trinajstić information content (AvgIpc) is 2.93. The number of carbonyl (C=O) groups excluding carboxylic acids is 1. The van der Waals surface area contributed by atoms with Crippen LogP contribution in [0.3, 0.4) is 0 Å². The number of anilines is 1. The van der Waals surface area contributed by atoms with Crippen LogP contribution in [0.15, 0.2) is 30.7 Å². The molecule has 0 aromatic carbocycles. The van der Waals surface area contributed by atoms with E-state index in [4.69, 9.17) is 4.74 Å². The van der Waals surface area contributed by atoms with E-state index in [9.17, 15) is 4.79 Å². The zero-order chi connectivity index (χ0) is 13.7. The Hall–Kier alpha value is -2.44. The van der Waals surface area contributed by atoms with E-state index in [0.29, 0.717) is 18.4 Å². The minimum atomic E-state index is -0.307. The molecule has 2 rings (SSSR count). The Bertz CT molecular complexity index is 541. The molecule has 19 heavy (non-hydrogen) atoms. The van der Waals surface area contributed by atoms with Gasteiger partial charge in [0.1, 0.15) is 6.54 Å². The van der Waals surface area contributed by atoms with Crippen molar-refractivity contribution in [3.8, 4) is 5.82 Å². The fraction of sp³-hybridized carbons (Fsp3) is 0.333. The van der Waals surface area contributed by atoms with Gasteiger partial charge in [0, 0.05) is 31.7 Å². The molecule has 2 aromatic rings. The molecule has 100 valence electrons. The van der Waals surface area contributed by atoms with Crippen LogP contribution in [0.5, 0.6) is 0 Å². The molecule has 7 nitrogen and oxygen atoms in total. The molecule has 2 heterocycles. The van der Waals surface area contributed by atoms with Crippen LogP contribution >= 0.6 is 0 Å². The Morgan fingerprint density at radius 2 is 2.32 bits per heavy atom. The lowest BCUT2D eigenvalue weighted by Crippen LogP contribution is -2.28. The first-order valence-electron chi connectivity index (χ1n) is 5.90. The minimum absolute atomic E-state index is 0.108. The minimum Gasteiger partial charge on any atom is -0.465 e. The van der Waals surface area contributed by atoms with Gasteiger partial charge in [-0.3, -0.25) is 4.79 Å². The zero-order valence-electron chi connectivity index (χ0n) is 10.9. The van der Waals surface area contributed by atoms with E-state index in [1.165, 1.54) is 0 Å². The average molecular weight is 261 g/mol. The molecule has 0 saturated heterocycles. The molecule has 2 aromatic heterocycles. The Balaban J connectivity index is 2.12. The van der Waals surface area contributed by atoms with E-state index >= 15 is 0 Å². The largest absolute Gasteiger partial charge is 0.465 e. The molecule has 0 radical (unpaired) electrons. The van der Waals surface area contributed by atoms with E-state index in [1.54, 1.807) is 48.2 Å². The van der Waals surface area contributed by atoms with E-state index in [-0.39, 0.29) is 12.5 Å². The van der Waals surface area contributed by atoms with Gasteiger partial charge in [0.2, 0.25) is 5.95 Å². The highest BCUT2D eigenvalue weighted by atomic mass is 16.5. The summed E-state index contributed by atoms with van der Waals surface area (Å²) >= 11 is 0. The van der Waals surface area contributed by atoms with Gasteiger partial charge in [0.25, 0.3) is 0 Å². The second-order valence-electron chi connectivity index (χ2n) is 3.83. The molecule has 0 bridgehead atoms. The van der Waals surface area contributed by atoms with Crippen molar-refractivity contribution >= 4 is 11.9 Å². The van der Waals surface area contributed by atoms with E-state index in [0.717, 1.165) is 0 Å². The molecule has 0 fully saturated rings. The van der Waals surface area contributed by atoms with Crippen molar-refractivity contribution in [2.75, 3.05) is 25.1 Å². The Kier molecular flexibility index (Phi) is 4.07. The number of nitrogens with zero attached hydrogens (tertiary/aromatic N) is 5. The summed E-state index contributed by atoms with van der Waals surface area (Å²) < 4.78 is 6.51. The molecule has 0 aliphatic carbocycles. The quantitative estimate of drug-likeness (QED) is 0.736. The third-order valence-corrected chi connectivity index (χ3v) is 2.38. The number of hydrogen-bond acceptors (Lipinski definition) is 6. The third-order valence-electron chi connectivity index (χ3n) is 2.38. The van der Waals surface area contributed by atoms with Gasteiger partial charge in [0.05, 0.1) is 6.61 Å². The van der Waals surface area contributed by atoms with Crippen molar-refractivity contribution in [2.45, 2.75) is 6.92 Å². The number of rotatable bonds is 5. The standard InChI is InChI=1S/C12H15N5O2/c1-3-19-11(18)9-16(2)12-13-7-5-10(15-12)17-8-4-6-14-17/h4-8H,3,9H2,1-2H3. The number of ether oxygens (including phenoxy) is 1. The zero-order valence-corrected chi connectivity index (χ0v) is 10.9. The van der Waals surface area contributed by atoms with Crippen LogP contribution in [0, 0.1) is 0 Å². The maximum absolute atomic E-state index is 11.4. The Morgan fingerprint density at radius 3 is 3.00 bits per heavy atom. The molecule has 0 unspecified atom stereocenters. The highest BCUT2D eigenvalue weighted by molar-refractivity contribution is 5.74. The molecule has 0 N–H and O–H groups in total. The van der Waals surface area contributed by atoms with Crippen LogP contribution in [0.4, 0.5) is 5.95 Å². The van der Waals surface area contributed by atoms with Crippen molar-refractivity contribution in [3.05, 3.63) is 30.7 Å². The van der Waals surface area contributed by atoms with Crippen molar-refractivity contribution in [1.82, 2.24) is 19.7 Å². The molecular weight excluding hydrogens is 246 g/mol. The molecular formula is C12H15N5O2. The van der Waals surface area contributed by atoms with Crippen LogP contribution in [0.1, 0.15) is 6.92 Å². The fourth-order valence-electron chi connectivity index (χ4n) is 1.53. The van der Waals surface area contributed by atoms with Gasteiger partial charge >= 0.3 is 5.97 Å². The first-order valence-corrected chi connectivity index (χ1v) is 5.90. The van der Waals surface area contributed by atoms with Crippen LogP contribution in [-0.4, -0.2) is 45.9 Å². The van der Waals surface area contributed by atoms with Gasteiger partial charge in [0.15, 0.2) is 5.82 Å². The van der Waals surface area contributed by atoms with Crippen LogP contribution in [0.25, 0.3) is 5.82 Å². The molecule has 0 atom stereocenters. The highest BCUT2D eigenvalue weighted by Gasteiger charge is 2.11. The second-order valence-corrected chi connectivity index (χ2v) is 3.83. The van der Waals surface area contributed by atoms with Crippen molar-refractivity contribution < 1.29 is 9.53 Å². The second kappa shape index (κ2) is 5.94. The Labute approximate surface area is 110 Å². The SMILES string of the molecule is CCOC(=O)CN(C)c1nccc(-n2cccn2)n1. The monoisotopic (exact) mass is 261 g/mol. The maximum atomic E-state index is 11.4. The molecule has 0 amide bonds. The summed E-state index contributed by atoms with van der Waals surface area (Å²) in [6.07, 6.45) is 5.09. The first-order chi connectivity index (χ1) is 9.20. The number of likely N-dealkylation sites (N-methyl/N-ethyl adjacent to an activating group) is 1. The normalized spacial score (nSPS) is 10.2. The summed E-state index contributed by atoms with van der Waals surface area (Å²) in [5, 5.41) is 4.09. The molecule has 0 aliphatic heterocycles. The predicted octanol–water partition coefficient (Wildman–Crippen LogP) is 0.662. The van der Waals surface area contributed by atoms with Gasteiger partial charge in [-0.1, -0.05) is 0 Å². The van der Waals surface area contributed by atoms with Crippen LogP contribution in [0.2, 0.25) is 0 Å². The van der Waals surface area contributed by atoms with E-state index in [2.05, 4.69) is 15.1 Å². The van der Waals surface area contributed by atoms with Gasteiger partial charge < -0.3 is 9.64 Å². The number of esters is 1. The highest BCUT2D eigenvalue weighted by Crippen LogP contribution is 2.08. The molecule has 0 saturated carbocycles. The number of carbonyl (C=O) groups is 1. The van der Waals surface area contributed by atoms with E-state index in [1.807, 2.05) is 6.07 Å². The maximum Gasteiger partial charge on any atom is 0.325 e. The lowest BCUT2D eigenvalue weighted by molar-refractivity contribution is -0.141. The summed E-state index contributed by atoms with van der Waals surface area (Å²) in [5.74, 6) is 0.782. The molecule has 0 spiro atoms. The topological polar surface area (TPSA) is 73.1 Å². The van der Waals surface area contributed by atoms with E-state index < -0.39 is 0 Å². The first kappa shape index (κ1) is 13.0. The van der Waals surface area contributed by atoms with Crippen LogP contribution < -0.4 is 4.90 Å². The van der Waals surface area contributed by atoms with Gasteiger partial charge in [-0.05, 0) is 13.0 Å². The predicted molar refractivity (Wildman–Crippen MR) is 69.1 cm³/mol. The van der Waals surface area contributed by atoms with Crippen molar-refractivity contribution in [2.24, 2.45) is 0 Å². The van der Waals surface area contributed by atoms with Gasteiger partial charge in [-0.25, -0.2) is 9.67 Å². The summed E-state index contributed by atoms with van der Waals surface area (Å²) in [6.45, 7) is 2.24. The summed E-state index contributed by atoms with van der Waals surface area (Å²) in [5.41, 5.74) is 0. The molecule has 0 aliphatic rings. The summed E-state index contributed by atoms with van der Waals surface area (Å²) in [6, 6.07) is 3.55. The van der Waals surface area contributed by atoms with Crippen LogP contribution in [-0.2, 0) is 9.53 Å². The van der Waals surface area contributed by atoms with Gasteiger partial charge in [-0.15, -0.1) is 0 Å². The summed E-state index contributed by atoms with van der Waals surface area (Å²) in [7, 11) is 1.74. The smallest absolute Gasteiger partial charge is 0.325 e. The molecule has 7 heteroatoms. The lowest BCUT2D eigenvalue weighted by atomic mass is 10.5. The van der Waals surface area contributed by atoms with Crippen molar-refractivity contribution in [1.29, 1.82) is 0 Å². The van der Waals surface area contributed by atoms with Crippen molar-refractivity contribution in [3.63, 3.8) is 0 Å². The third kappa shape index (κ3) is 3.27. The van der Waals surface area contributed by atoms with Gasteiger partial charge in [-0.2, -0.15) is 10.1 Å². The lowest BCUT2D eigenvalue weighted by Gasteiger charge is -2.16. The number of aromatic nitrogens is 4. The summed E-state index contributed by atoms with van der Waals surface area (Å²) in [4.78, 5) is 21.5. The Morgan fingerprint density at radius 1 is 1.47 bits per heavy atom. The fourth-order valence-corrected chi connectivity index (χ4v) is 1.53. The number of hydrogen-bond donors (Lipinski definition) is 0.